The number of likely N-dealkylation sites (N-methyl/N-ethyl adjacent to an activating group) is 1. The number of ether oxygens (including phenoxy) is 2. The molecule has 0 aromatic carbocycles. The van der Waals surface area contributed by atoms with Crippen molar-refractivity contribution in [2.24, 2.45) is 5.92 Å². The number of hydrogen-bond acceptors (Lipinski definition) is 6. The van der Waals surface area contributed by atoms with E-state index in [0.29, 0.717) is 0 Å². The lowest BCUT2D eigenvalue weighted by molar-refractivity contribution is -0.144. The molecule has 0 saturated carbocycles. The molecule has 128 valence electrons. The van der Waals surface area contributed by atoms with Crippen molar-refractivity contribution in [3.8, 4) is 0 Å². The van der Waals surface area contributed by atoms with Gasteiger partial charge in [-0.25, -0.2) is 0 Å². The van der Waals surface area contributed by atoms with Crippen LogP contribution in [0.3, 0.4) is 0 Å². The van der Waals surface area contributed by atoms with Crippen LogP contribution in [0.25, 0.3) is 0 Å². The van der Waals surface area contributed by atoms with E-state index < -0.39 is 12.0 Å². The normalized spacial score (nSPS) is 29.7. The Balaban J connectivity index is 1.68. The van der Waals surface area contributed by atoms with E-state index in [0.717, 1.165) is 32.7 Å². The maximum atomic E-state index is 11.4. The van der Waals surface area contributed by atoms with Crippen molar-refractivity contribution in [3.05, 3.63) is 16.3 Å². The monoisotopic (exact) mass is 340 g/mol. The average molecular weight is 340 g/mol. The van der Waals surface area contributed by atoms with Gasteiger partial charge >= 0.3 is 5.97 Å². The Morgan fingerprint density at radius 1 is 1.48 bits per heavy atom. The van der Waals surface area contributed by atoms with Gasteiger partial charge in [0.1, 0.15) is 6.04 Å². The summed E-state index contributed by atoms with van der Waals surface area (Å²) in [5.41, 5.74) is 1.22. The second-order valence-corrected chi connectivity index (χ2v) is 7.16. The zero-order chi connectivity index (χ0) is 16.4. The molecule has 23 heavy (non-hydrogen) atoms. The predicted octanol–water partition coefficient (Wildman–Crippen LogP) is 1.72. The molecule has 2 aliphatic heterocycles. The molecule has 4 atom stereocenters. The van der Waals surface area contributed by atoms with Crippen molar-refractivity contribution in [1.82, 2.24) is 5.32 Å². The second kappa shape index (κ2) is 7.17. The number of morpholine rings is 1. The third-order valence-corrected chi connectivity index (χ3v) is 5.69. The number of rotatable bonds is 5. The molecule has 2 N–H and O–H groups in total. The van der Waals surface area contributed by atoms with Crippen LogP contribution in [0.5, 0.6) is 0 Å². The van der Waals surface area contributed by atoms with Gasteiger partial charge in [-0.2, -0.15) is 0 Å². The number of carboxylic acid groups (broad SMARTS) is 1. The Kier molecular flexibility index (Phi) is 5.21. The molecule has 0 aliphatic carbocycles. The first-order chi connectivity index (χ1) is 11.1. The van der Waals surface area contributed by atoms with E-state index in [4.69, 9.17) is 9.47 Å². The predicted molar refractivity (Wildman–Crippen MR) is 89.2 cm³/mol. The molecule has 0 spiro atoms. The van der Waals surface area contributed by atoms with Gasteiger partial charge in [0, 0.05) is 29.0 Å². The van der Waals surface area contributed by atoms with Gasteiger partial charge in [-0.05, 0) is 25.5 Å². The average Bonchev–Trinajstić information content (AvgIpc) is 3.16. The number of carboxylic acids is 1. The zero-order valence-electron chi connectivity index (χ0n) is 13.5. The molecule has 2 fully saturated rings. The van der Waals surface area contributed by atoms with Crippen molar-refractivity contribution in [3.63, 3.8) is 0 Å². The maximum absolute atomic E-state index is 11.4. The maximum Gasteiger partial charge on any atom is 0.323 e. The second-order valence-electron chi connectivity index (χ2n) is 6.21. The summed E-state index contributed by atoms with van der Waals surface area (Å²) in [6.45, 7) is 5.44. The molecule has 2 aliphatic rings. The minimum atomic E-state index is -0.856. The van der Waals surface area contributed by atoms with Gasteiger partial charge in [0.15, 0.2) is 0 Å². The van der Waals surface area contributed by atoms with Crippen LogP contribution in [0.4, 0.5) is 5.69 Å². The molecule has 6 nitrogen and oxygen atoms in total. The first kappa shape index (κ1) is 16.7. The Morgan fingerprint density at radius 2 is 2.22 bits per heavy atom. The molecule has 3 rings (SSSR count). The fourth-order valence-electron chi connectivity index (χ4n) is 3.37. The van der Waals surface area contributed by atoms with Crippen LogP contribution in [0, 0.1) is 5.92 Å². The van der Waals surface area contributed by atoms with E-state index in [1.807, 2.05) is 0 Å². The van der Waals surface area contributed by atoms with Gasteiger partial charge in [0.25, 0.3) is 0 Å². The van der Waals surface area contributed by atoms with Crippen LogP contribution >= 0.6 is 11.3 Å². The number of hydrogen-bond donors (Lipinski definition) is 2. The summed E-state index contributed by atoms with van der Waals surface area (Å²) < 4.78 is 11.5. The minimum Gasteiger partial charge on any atom is -0.480 e. The Morgan fingerprint density at radius 3 is 2.87 bits per heavy atom. The summed E-state index contributed by atoms with van der Waals surface area (Å²) in [5.74, 6) is -0.646. The molecule has 3 heterocycles. The Hall–Kier alpha value is -1.15. The molecule has 1 aromatic rings. The standard InChI is InChI=1S/C16H24N2O4S/c1-10-7-12(22-15(10)14(17-2)16(19)20)13-8-11(9-23-13)18-3-5-21-6-4-18/h8-10,12,14-15,17H,3-7H2,1-2H3,(H,19,20)/t10-,12?,14?,15-/m1/s1. The Labute approximate surface area is 140 Å². The van der Waals surface area contributed by atoms with E-state index in [-0.39, 0.29) is 18.1 Å². The van der Waals surface area contributed by atoms with Crippen molar-refractivity contribution < 1.29 is 19.4 Å². The van der Waals surface area contributed by atoms with Gasteiger partial charge in [0.05, 0.1) is 25.4 Å². The zero-order valence-corrected chi connectivity index (χ0v) is 14.3. The number of carbonyl (C=O) groups is 1. The van der Waals surface area contributed by atoms with Crippen LogP contribution < -0.4 is 10.2 Å². The molecular formula is C16H24N2O4S. The lowest BCUT2D eigenvalue weighted by Gasteiger charge is -2.27. The summed E-state index contributed by atoms with van der Waals surface area (Å²) in [6.07, 6.45) is 0.556. The molecular weight excluding hydrogens is 316 g/mol. The number of aliphatic carboxylic acids is 1. The highest BCUT2D eigenvalue weighted by molar-refractivity contribution is 7.10. The van der Waals surface area contributed by atoms with Crippen molar-refractivity contribution in [2.75, 3.05) is 38.3 Å². The van der Waals surface area contributed by atoms with Crippen LogP contribution in [-0.4, -0.2) is 56.6 Å². The van der Waals surface area contributed by atoms with E-state index in [9.17, 15) is 9.90 Å². The fourth-order valence-corrected chi connectivity index (χ4v) is 4.33. The summed E-state index contributed by atoms with van der Waals surface area (Å²) >= 11 is 1.70. The van der Waals surface area contributed by atoms with E-state index in [1.54, 1.807) is 18.4 Å². The summed E-state index contributed by atoms with van der Waals surface area (Å²) in [4.78, 5) is 14.9. The van der Waals surface area contributed by atoms with Crippen LogP contribution in [0.15, 0.2) is 11.4 Å². The quantitative estimate of drug-likeness (QED) is 0.850. The molecule has 0 bridgehead atoms. The first-order valence-corrected chi connectivity index (χ1v) is 8.94. The molecule has 0 amide bonds. The highest BCUT2D eigenvalue weighted by Crippen LogP contribution is 2.41. The third kappa shape index (κ3) is 3.52. The summed E-state index contributed by atoms with van der Waals surface area (Å²) in [5, 5.41) is 14.3. The van der Waals surface area contributed by atoms with E-state index in [2.05, 4.69) is 28.6 Å². The molecule has 2 saturated heterocycles. The fraction of sp³-hybridized carbons (Fsp3) is 0.688. The van der Waals surface area contributed by atoms with Gasteiger partial charge in [-0.1, -0.05) is 6.92 Å². The van der Waals surface area contributed by atoms with Gasteiger partial charge in [0.2, 0.25) is 0 Å². The molecule has 2 unspecified atom stereocenters. The minimum absolute atomic E-state index is 0.00927. The molecule has 1 aromatic heterocycles. The number of nitrogens with zero attached hydrogens (tertiary/aromatic N) is 1. The molecule has 7 heteroatoms. The lowest BCUT2D eigenvalue weighted by atomic mass is 9.96. The van der Waals surface area contributed by atoms with Crippen LogP contribution in [0.2, 0.25) is 0 Å². The molecule has 0 radical (unpaired) electrons. The highest BCUT2D eigenvalue weighted by Gasteiger charge is 2.41. The lowest BCUT2D eigenvalue weighted by Crippen LogP contribution is -2.46. The Bertz CT molecular complexity index is 544. The smallest absolute Gasteiger partial charge is 0.323 e. The highest BCUT2D eigenvalue weighted by atomic mass is 32.1. The summed E-state index contributed by atoms with van der Waals surface area (Å²) in [6, 6.07) is 1.53. The van der Waals surface area contributed by atoms with E-state index in [1.165, 1.54) is 10.6 Å². The van der Waals surface area contributed by atoms with Crippen LogP contribution in [-0.2, 0) is 14.3 Å². The number of nitrogens with one attached hydrogen (secondary N) is 1. The first-order valence-electron chi connectivity index (χ1n) is 8.06. The van der Waals surface area contributed by atoms with E-state index >= 15 is 0 Å². The van der Waals surface area contributed by atoms with Crippen molar-refractivity contribution in [2.45, 2.75) is 31.6 Å². The largest absolute Gasteiger partial charge is 0.480 e. The van der Waals surface area contributed by atoms with Gasteiger partial charge in [-0.15, -0.1) is 11.3 Å². The van der Waals surface area contributed by atoms with Gasteiger partial charge < -0.3 is 24.8 Å². The topological polar surface area (TPSA) is 71.0 Å². The summed E-state index contributed by atoms with van der Waals surface area (Å²) in [7, 11) is 1.67. The van der Waals surface area contributed by atoms with Crippen molar-refractivity contribution in [1.29, 1.82) is 0 Å². The number of thiophene rings is 1. The SMILES string of the molecule is CNC(C(=O)O)[C@@H]1OC(c2cc(N3CCOCC3)cs2)C[C@H]1C. The van der Waals surface area contributed by atoms with Gasteiger partial charge in [-0.3, -0.25) is 4.79 Å². The number of anilines is 1. The third-order valence-electron chi connectivity index (χ3n) is 4.67. The van der Waals surface area contributed by atoms with Crippen LogP contribution in [0.1, 0.15) is 24.3 Å². The van der Waals surface area contributed by atoms with Crippen molar-refractivity contribution >= 4 is 23.0 Å².